The summed E-state index contributed by atoms with van der Waals surface area (Å²) in [7, 11) is 2.21. The van der Waals surface area contributed by atoms with Gasteiger partial charge in [0.05, 0.1) is 77.2 Å². The lowest BCUT2D eigenvalue weighted by molar-refractivity contribution is -0.327. The highest BCUT2D eigenvalue weighted by molar-refractivity contribution is 5.91. The van der Waals surface area contributed by atoms with Crippen LogP contribution in [0.25, 0.3) is 0 Å². The summed E-state index contributed by atoms with van der Waals surface area (Å²) in [6.45, 7) is 0.685. The Kier molecular flexibility index (Phi) is 21.2. The Balaban J connectivity index is 1.02. The summed E-state index contributed by atoms with van der Waals surface area (Å²) >= 11 is 0. The number of ether oxygens (including phenoxy) is 12. The third-order valence-electron chi connectivity index (χ3n) is 13.1. The van der Waals surface area contributed by atoms with Crippen molar-refractivity contribution in [1.29, 1.82) is 0 Å². The zero-order valence-electron chi connectivity index (χ0n) is 41.0. The van der Waals surface area contributed by atoms with Crippen LogP contribution in [0.1, 0.15) is 32.3 Å². The second kappa shape index (κ2) is 26.8. The Hall–Kier alpha value is -5.02. The lowest BCUT2D eigenvalue weighted by atomic mass is 9.86. The van der Waals surface area contributed by atoms with E-state index in [1.165, 1.54) is 31.2 Å². The monoisotopic (exact) mass is 1070 g/mol. The number of carbonyl (C=O) groups is 4. The molecule has 0 radical (unpaired) electrons. The lowest BCUT2D eigenvalue weighted by Gasteiger charge is -2.42. The van der Waals surface area contributed by atoms with Crippen molar-refractivity contribution in [3.63, 3.8) is 0 Å². The average Bonchev–Trinajstić information content (AvgIpc) is 3.40. The number of benzene rings is 1. The third kappa shape index (κ3) is 13.6. The molecule has 5 heterocycles. The zero-order valence-corrected chi connectivity index (χ0v) is 41.0. The highest BCUT2D eigenvalue weighted by Crippen LogP contribution is 2.39. The van der Waals surface area contributed by atoms with Crippen LogP contribution >= 0.6 is 0 Å². The minimum Gasteiger partial charge on any atom is -0.468 e. The van der Waals surface area contributed by atoms with Gasteiger partial charge in [0.1, 0.15) is 72.9 Å². The van der Waals surface area contributed by atoms with Crippen LogP contribution in [0.2, 0.25) is 0 Å². The second-order valence-corrected chi connectivity index (χ2v) is 17.7. The van der Waals surface area contributed by atoms with Crippen LogP contribution < -0.4 is 4.74 Å². The van der Waals surface area contributed by atoms with Gasteiger partial charge in [-0.05, 0) is 38.0 Å². The van der Waals surface area contributed by atoms with Crippen molar-refractivity contribution in [1.82, 2.24) is 0 Å². The largest absolute Gasteiger partial charge is 0.468 e. The predicted molar refractivity (Wildman–Crippen MR) is 243 cm³/mol. The zero-order chi connectivity index (χ0) is 54.8. The molecule has 0 spiro atoms. The van der Waals surface area contributed by atoms with Crippen LogP contribution in [-0.2, 0) is 77.7 Å². The number of methoxy groups -OCH3 is 2. The molecular weight excluding hydrogens is 1010 g/mol. The van der Waals surface area contributed by atoms with Gasteiger partial charge < -0.3 is 113 Å². The number of hydrogen-bond acceptors (Lipinski definition) is 27. The fraction of sp³-hybridized carbons (Fsp3) is 0.625. The third-order valence-corrected chi connectivity index (χ3v) is 13.1. The van der Waals surface area contributed by atoms with Gasteiger partial charge in [-0.3, -0.25) is 9.59 Å². The molecule has 3 saturated heterocycles. The van der Waals surface area contributed by atoms with E-state index in [1.807, 2.05) is 0 Å². The van der Waals surface area contributed by atoms with Gasteiger partial charge in [0, 0.05) is 23.0 Å². The molecule has 3 fully saturated rings. The first-order valence-corrected chi connectivity index (χ1v) is 23.7. The smallest absolute Gasteiger partial charge is 0.337 e. The van der Waals surface area contributed by atoms with E-state index in [9.17, 15) is 75.3 Å². The van der Waals surface area contributed by atoms with E-state index in [1.54, 1.807) is 19.1 Å². The van der Waals surface area contributed by atoms with Crippen molar-refractivity contribution in [3.05, 3.63) is 76.8 Å². The van der Waals surface area contributed by atoms with E-state index in [4.69, 9.17) is 56.8 Å². The van der Waals surface area contributed by atoms with E-state index in [-0.39, 0.29) is 41.1 Å². The molecule has 5 aliphatic heterocycles. The molecule has 0 bridgehead atoms. The molecule has 0 aromatic heterocycles. The second-order valence-electron chi connectivity index (χ2n) is 17.7. The van der Waals surface area contributed by atoms with Crippen molar-refractivity contribution in [2.24, 2.45) is 11.8 Å². The molecule has 0 aliphatic carbocycles. The quantitative estimate of drug-likeness (QED) is 0.0271. The number of hydrogen-bond donors (Lipinski definition) is 11. The Bertz CT molecular complexity index is 2230. The van der Waals surface area contributed by atoms with Crippen LogP contribution in [0.15, 0.2) is 71.2 Å². The Morgan fingerprint density at radius 3 is 1.44 bits per heavy atom. The Morgan fingerprint density at radius 2 is 1.00 bits per heavy atom. The SMILES string of the molecule is C/C=C1/[C@H](O[C@@H]2O[C@H](CO)[C@@H](O)[C@H](O)[C@H]2O)OC=C(C(=O)OC)[C@H]1CC(=O)Oc1ccc(CCO[C@@H]2O[C@H](CO)[C@@H](OC(=O)C[C@@H]3C(C(=O)OC)=CO[C@@H](O[C@@H]4O[C@H](CO)[C@@H](O)[C@H](O)[C@H]4O)/C3=C/C)[C@H](O)[C@H]2O)cc1. The highest BCUT2D eigenvalue weighted by Gasteiger charge is 2.51. The molecule has 418 valence electrons. The summed E-state index contributed by atoms with van der Waals surface area (Å²) in [5, 5.41) is 113. The van der Waals surface area contributed by atoms with Crippen molar-refractivity contribution >= 4 is 23.9 Å². The summed E-state index contributed by atoms with van der Waals surface area (Å²) in [6.07, 6.45) is -23.5. The van der Waals surface area contributed by atoms with Crippen LogP contribution in [0.4, 0.5) is 0 Å². The topological polar surface area (TPSA) is 402 Å². The maximum Gasteiger partial charge on any atom is 0.337 e. The fourth-order valence-electron chi connectivity index (χ4n) is 8.91. The molecule has 0 amide bonds. The van der Waals surface area contributed by atoms with Gasteiger partial charge in [-0.25, -0.2) is 9.59 Å². The van der Waals surface area contributed by atoms with Crippen molar-refractivity contribution in [3.8, 4) is 5.75 Å². The Labute approximate surface area is 428 Å². The predicted octanol–water partition coefficient (Wildman–Crippen LogP) is -4.13. The minimum absolute atomic E-state index is 0.0730. The van der Waals surface area contributed by atoms with Crippen LogP contribution in [0.5, 0.6) is 5.75 Å². The van der Waals surface area contributed by atoms with Crippen LogP contribution in [-0.4, -0.2) is 225 Å². The average molecular weight is 1070 g/mol. The first-order chi connectivity index (χ1) is 35.8. The molecule has 6 rings (SSSR count). The van der Waals surface area contributed by atoms with E-state index in [0.717, 1.165) is 26.7 Å². The Morgan fingerprint density at radius 1 is 0.560 bits per heavy atom. The first-order valence-electron chi connectivity index (χ1n) is 23.7. The number of carbonyl (C=O) groups excluding carboxylic acids is 4. The highest BCUT2D eigenvalue weighted by atomic mass is 16.8. The standard InChI is InChI=1S/C48H64O27/c1-5-22-24(26(42(62)64-3)18-67-44(22)74-47-38(59)35(56)33(54)28(15-49)70-47)13-31(52)69-21-9-7-20(8-10-21)11-12-66-46-40(61)37(58)41(30(17-51)72-46)73-32(53)14-25-23(6-2)45(68-19-27(25)43(63)65-4)75-48-39(60)36(57)34(55)29(16-50)71-48/h5-10,18-19,24-25,28-30,33-41,44-51,54-61H,11-17H2,1-4H3/b22-5+,23-6+/t24-,25-,28+,29+,30+,33+,34+,35-,36-,37+,38+,39+,40+,41+,44-,45-,46+,47-,48-/m0/s1. The van der Waals surface area contributed by atoms with Crippen LogP contribution in [0, 0.1) is 11.8 Å². The normalized spacial score (nSPS) is 37.1. The molecule has 11 N–H and O–H groups in total. The van der Waals surface area contributed by atoms with Gasteiger partial charge in [0.25, 0.3) is 0 Å². The molecule has 19 atom stereocenters. The molecule has 27 heteroatoms. The van der Waals surface area contributed by atoms with Crippen LogP contribution in [0.3, 0.4) is 0 Å². The summed E-state index contributed by atoms with van der Waals surface area (Å²) < 4.78 is 65.9. The molecule has 0 unspecified atom stereocenters. The number of aliphatic hydroxyl groups excluding tert-OH is 11. The summed E-state index contributed by atoms with van der Waals surface area (Å²) in [4.78, 5) is 52.5. The van der Waals surface area contributed by atoms with Crippen molar-refractivity contribution in [2.75, 3.05) is 40.6 Å². The molecular formula is C48H64O27. The lowest BCUT2D eigenvalue weighted by Crippen LogP contribution is -2.60. The van der Waals surface area contributed by atoms with Gasteiger partial charge >= 0.3 is 23.9 Å². The number of allylic oxidation sites excluding steroid dienone is 2. The van der Waals surface area contributed by atoms with E-state index in [0.29, 0.717) is 5.56 Å². The maximum absolute atomic E-state index is 13.6. The molecule has 27 nitrogen and oxygen atoms in total. The summed E-state index contributed by atoms with van der Waals surface area (Å²) in [6, 6.07) is 6.15. The number of rotatable bonds is 19. The van der Waals surface area contributed by atoms with Gasteiger partial charge in [0.2, 0.25) is 12.6 Å². The molecule has 75 heavy (non-hydrogen) atoms. The first kappa shape index (κ1) is 59.2. The molecule has 0 saturated carbocycles. The van der Waals surface area contributed by atoms with E-state index < -0.39 is 173 Å². The number of esters is 4. The molecule has 1 aromatic carbocycles. The fourth-order valence-corrected chi connectivity index (χ4v) is 8.91. The van der Waals surface area contributed by atoms with E-state index >= 15 is 0 Å². The minimum atomic E-state index is -1.86. The van der Waals surface area contributed by atoms with Gasteiger partial charge in [-0.2, -0.15) is 0 Å². The summed E-state index contributed by atoms with van der Waals surface area (Å²) in [5.74, 6) is -5.72. The molecule has 1 aromatic rings. The van der Waals surface area contributed by atoms with Gasteiger partial charge in [-0.1, -0.05) is 24.3 Å². The van der Waals surface area contributed by atoms with Gasteiger partial charge in [-0.15, -0.1) is 0 Å². The number of aliphatic hydroxyl groups is 11. The maximum atomic E-state index is 13.6. The van der Waals surface area contributed by atoms with Crippen molar-refractivity contribution in [2.45, 2.75) is 138 Å². The molecule has 5 aliphatic rings. The van der Waals surface area contributed by atoms with Crippen molar-refractivity contribution < 1.29 is 132 Å². The van der Waals surface area contributed by atoms with Gasteiger partial charge in [0.15, 0.2) is 25.0 Å². The van der Waals surface area contributed by atoms with E-state index in [2.05, 4.69) is 0 Å². The summed E-state index contributed by atoms with van der Waals surface area (Å²) in [5.41, 5.74) is 0.717.